The number of aryl methyl sites for hydroxylation is 1. The minimum absolute atomic E-state index is 0.296. The van der Waals surface area contributed by atoms with E-state index in [1.54, 1.807) is 6.07 Å². The Bertz CT molecular complexity index is 896. The molecule has 3 heteroatoms. The molecule has 0 aliphatic heterocycles. The van der Waals surface area contributed by atoms with Gasteiger partial charge in [0.2, 0.25) is 0 Å². The van der Waals surface area contributed by atoms with Crippen molar-refractivity contribution >= 4 is 16.9 Å². The van der Waals surface area contributed by atoms with Gasteiger partial charge in [-0.25, -0.2) is 9.78 Å². The molecule has 1 aromatic heterocycles. The number of nitrogens with zero attached hydrogens (tertiary/aromatic N) is 1. The Kier molecular flexibility index (Phi) is 4.34. The first-order valence-corrected chi connectivity index (χ1v) is 8.18. The zero-order valence-electron chi connectivity index (χ0n) is 14.2. The second kappa shape index (κ2) is 6.44. The highest BCUT2D eigenvalue weighted by molar-refractivity contribution is 6.04. The number of hydrogen-bond acceptors (Lipinski definition) is 2. The van der Waals surface area contributed by atoms with E-state index in [9.17, 15) is 9.90 Å². The molecule has 0 unspecified atom stereocenters. The fourth-order valence-electron chi connectivity index (χ4n) is 3.00. The van der Waals surface area contributed by atoms with E-state index in [-0.39, 0.29) is 0 Å². The van der Waals surface area contributed by atoms with Gasteiger partial charge in [0.25, 0.3) is 0 Å². The van der Waals surface area contributed by atoms with Gasteiger partial charge in [0, 0.05) is 10.9 Å². The fourth-order valence-corrected chi connectivity index (χ4v) is 3.00. The lowest BCUT2D eigenvalue weighted by Crippen LogP contribution is -2.01. The van der Waals surface area contributed by atoms with Gasteiger partial charge in [-0.15, -0.1) is 0 Å². The van der Waals surface area contributed by atoms with Crippen molar-refractivity contribution in [3.05, 3.63) is 65.2 Å². The summed E-state index contributed by atoms with van der Waals surface area (Å²) in [5, 5.41) is 10.2. The summed E-state index contributed by atoms with van der Waals surface area (Å²) in [7, 11) is 0. The summed E-state index contributed by atoms with van der Waals surface area (Å²) in [6.45, 7) is 6.35. The maximum Gasteiger partial charge on any atom is 0.336 e. The first kappa shape index (κ1) is 16.2. The van der Waals surface area contributed by atoms with Gasteiger partial charge in [0.15, 0.2) is 0 Å². The smallest absolute Gasteiger partial charge is 0.336 e. The van der Waals surface area contributed by atoms with E-state index in [2.05, 4.69) is 26.0 Å². The van der Waals surface area contributed by atoms with Gasteiger partial charge in [0.1, 0.15) is 0 Å². The molecule has 24 heavy (non-hydrogen) atoms. The number of hydrogen-bond donors (Lipinski definition) is 1. The van der Waals surface area contributed by atoms with E-state index in [1.165, 1.54) is 5.56 Å². The summed E-state index contributed by atoms with van der Waals surface area (Å²) in [6, 6.07) is 15.5. The maximum atomic E-state index is 11.7. The fraction of sp³-hybridized carbons (Fsp3) is 0.238. The number of pyridine rings is 1. The highest BCUT2D eigenvalue weighted by Crippen LogP contribution is 2.27. The monoisotopic (exact) mass is 319 g/mol. The molecule has 0 bridgehead atoms. The lowest BCUT2D eigenvalue weighted by atomic mass is 9.99. The molecule has 0 spiro atoms. The van der Waals surface area contributed by atoms with Crippen LogP contribution in [0.2, 0.25) is 0 Å². The maximum absolute atomic E-state index is 11.7. The van der Waals surface area contributed by atoms with Crippen LogP contribution < -0.4 is 0 Å². The van der Waals surface area contributed by atoms with Crippen LogP contribution in [0.25, 0.3) is 22.2 Å². The highest BCUT2D eigenvalue weighted by Gasteiger charge is 2.14. The van der Waals surface area contributed by atoms with Crippen molar-refractivity contribution in [1.29, 1.82) is 0 Å². The van der Waals surface area contributed by atoms with Crippen LogP contribution in [0.5, 0.6) is 0 Å². The quantitative estimate of drug-likeness (QED) is 0.727. The molecule has 3 rings (SSSR count). The summed E-state index contributed by atoms with van der Waals surface area (Å²) in [6.07, 6.45) is 1.03. The van der Waals surface area contributed by atoms with Crippen molar-refractivity contribution in [1.82, 2.24) is 4.98 Å². The molecule has 1 N–H and O–H groups in total. The number of para-hydroxylation sites is 1. The van der Waals surface area contributed by atoms with Gasteiger partial charge >= 0.3 is 5.97 Å². The molecule has 0 saturated heterocycles. The molecule has 122 valence electrons. The first-order chi connectivity index (χ1) is 11.5. The lowest BCUT2D eigenvalue weighted by Gasteiger charge is -2.10. The van der Waals surface area contributed by atoms with E-state index < -0.39 is 5.97 Å². The van der Waals surface area contributed by atoms with E-state index in [0.717, 1.165) is 23.1 Å². The SMILES string of the molecule is Cc1cccc2c(C(=O)O)cc(-c3ccc(CC(C)C)cc3)nc12. The second-order valence-corrected chi connectivity index (χ2v) is 6.63. The largest absolute Gasteiger partial charge is 0.478 e. The van der Waals surface area contributed by atoms with Crippen LogP contribution in [0.4, 0.5) is 0 Å². The molecule has 3 aromatic rings. The Morgan fingerprint density at radius 1 is 1.12 bits per heavy atom. The molecule has 3 nitrogen and oxygen atoms in total. The van der Waals surface area contributed by atoms with Gasteiger partial charge < -0.3 is 5.11 Å². The van der Waals surface area contributed by atoms with Crippen molar-refractivity contribution in [2.75, 3.05) is 0 Å². The average molecular weight is 319 g/mol. The van der Waals surface area contributed by atoms with Gasteiger partial charge in [-0.2, -0.15) is 0 Å². The normalized spacial score (nSPS) is 11.2. The molecule has 0 aliphatic carbocycles. The van der Waals surface area contributed by atoms with Crippen LogP contribution in [0.1, 0.15) is 35.3 Å². The van der Waals surface area contributed by atoms with Crippen molar-refractivity contribution in [2.45, 2.75) is 27.2 Å². The third-order valence-electron chi connectivity index (χ3n) is 4.17. The Morgan fingerprint density at radius 3 is 2.46 bits per heavy atom. The molecule has 0 saturated carbocycles. The number of fused-ring (bicyclic) bond motifs is 1. The Labute approximate surface area is 142 Å². The van der Waals surface area contributed by atoms with Crippen molar-refractivity contribution in [3.8, 4) is 11.3 Å². The van der Waals surface area contributed by atoms with Gasteiger partial charge in [-0.3, -0.25) is 0 Å². The minimum atomic E-state index is -0.925. The van der Waals surface area contributed by atoms with Gasteiger partial charge in [-0.05, 0) is 36.5 Å². The Hall–Kier alpha value is -2.68. The van der Waals surface area contributed by atoms with Crippen molar-refractivity contribution in [3.63, 3.8) is 0 Å². The molecular formula is C21H21NO2. The molecule has 0 amide bonds. The molecule has 2 aromatic carbocycles. The number of carboxylic acid groups (broad SMARTS) is 1. The molecule has 0 atom stereocenters. The number of carbonyl (C=O) groups is 1. The van der Waals surface area contributed by atoms with E-state index in [1.807, 2.05) is 37.3 Å². The van der Waals surface area contributed by atoms with Crippen molar-refractivity contribution < 1.29 is 9.90 Å². The summed E-state index contributed by atoms with van der Waals surface area (Å²) in [5.41, 5.74) is 4.95. The first-order valence-electron chi connectivity index (χ1n) is 8.18. The number of carboxylic acids is 1. The lowest BCUT2D eigenvalue weighted by molar-refractivity contribution is 0.0699. The third-order valence-corrected chi connectivity index (χ3v) is 4.17. The average Bonchev–Trinajstić information content (AvgIpc) is 2.54. The predicted molar refractivity (Wildman–Crippen MR) is 97.4 cm³/mol. The highest BCUT2D eigenvalue weighted by atomic mass is 16.4. The van der Waals surface area contributed by atoms with Crippen LogP contribution in [-0.2, 0) is 6.42 Å². The second-order valence-electron chi connectivity index (χ2n) is 6.63. The number of benzene rings is 2. The van der Waals surface area contributed by atoms with E-state index in [4.69, 9.17) is 4.98 Å². The zero-order chi connectivity index (χ0) is 17.3. The minimum Gasteiger partial charge on any atom is -0.478 e. The molecule has 0 radical (unpaired) electrons. The van der Waals surface area contributed by atoms with Gasteiger partial charge in [0.05, 0.1) is 16.8 Å². The van der Waals surface area contributed by atoms with Crippen molar-refractivity contribution in [2.24, 2.45) is 5.92 Å². The number of rotatable bonds is 4. The van der Waals surface area contributed by atoms with Crippen LogP contribution in [0.15, 0.2) is 48.5 Å². The van der Waals surface area contributed by atoms with E-state index >= 15 is 0 Å². The zero-order valence-corrected chi connectivity index (χ0v) is 14.2. The van der Waals surface area contributed by atoms with E-state index in [0.29, 0.717) is 22.6 Å². The summed E-state index contributed by atoms with van der Waals surface area (Å²) in [5.74, 6) is -0.318. The summed E-state index contributed by atoms with van der Waals surface area (Å²) in [4.78, 5) is 16.4. The topological polar surface area (TPSA) is 50.2 Å². The molecule has 1 heterocycles. The molecular weight excluding hydrogens is 298 g/mol. The van der Waals surface area contributed by atoms with Crippen LogP contribution >= 0.6 is 0 Å². The van der Waals surface area contributed by atoms with Crippen LogP contribution in [0, 0.1) is 12.8 Å². The standard InChI is InChI=1S/C21H21NO2/c1-13(2)11-15-7-9-16(10-8-15)19-12-18(21(23)24)17-6-4-5-14(3)20(17)22-19/h4-10,12-13H,11H2,1-3H3,(H,23,24). The Balaban J connectivity index is 2.12. The molecule has 0 aliphatic rings. The summed E-state index contributed by atoms with van der Waals surface area (Å²) >= 11 is 0. The predicted octanol–water partition coefficient (Wildman–Crippen LogP) is 5.11. The van der Waals surface area contributed by atoms with Crippen LogP contribution in [-0.4, -0.2) is 16.1 Å². The molecule has 0 fully saturated rings. The number of aromatic nitrogens is 1. The number of aromatic carboxylic acids is 1. The Morgan fingerprint density at radius 2 is 1.83 bits per heavy atom. The van der Waals surface area contributed by atoms with Gasteiger partial charge in [-0.1, -0.05) is 56.3 Å². The van der Waals surface area contributed by atoms with Crippen LogP contribution in [0.3, 0.4) is 0 Å². The summed E-state index contributed by atoms with van der Waals surface area (Å²) < 4.78 is 0. The third kappa shape index (κ3) is 3.16.